The second-order valence-corrected chi connectivity index (χ2v) is 6.17. The minimum atomic E-state index is -0.380. The first-order valence-electron chi connectivity index (χ1n) is 9.07. The molecule has 0 saturated carbocycles. The SMILES string of the molecule is CCOc1cc(OCC)c2cc(-c3cccc4ccccc34)c(=O)oc2c1. The van der Waals surface area contributed by atoms with Crippen LogP contribution in [0.4, 0.5) is 0 Å². The summed E-state index contributed by atoms with van der Waals surface area (Å²) in [6, 6.07) is 19.3. The summed E-state index contributed by atoms with van der Waals surface area (Å²) in [6.45, 7) is 4.86. The maximum absolute atomic E-state index is 12.8. The Kier molecular flexibility index (Phi) is 4.55. The van der Waals surface area contributed by atoms with Gasteiger partial charge in [0.05, 0.1) is 24.2 Å². The molecular weight excluding hydrogens is 340 g/mol. The Morgan fingerprint density at radius 3 is 2.41 bits per heavy atom. The van der Waals surface area contributed by atoms with Crippen LogP contribution in [0.15, 0.2) is 69.9 Å². The fourth-order valence-electron chi connectivity index (χ4n) is 3.33. The quantitative estimate of drug-likeness (QED) is 0.447. The number of rotatable bonds is 5. The van der Waals surface area contributed by atoms with Gasteiger partial charge >= 0.3 is 5.63 Å². The average molecular weight is 360 g/mol. The van der Waals surface area contributed by atoms with Crippen molar-refractivity contribution in [1.29, 1.82) is 0 Å². The lowest BCUT2D eigenvalue weighted by molar-refractivity contribution is 0.325. The van der Waals surface area contributed by atoms with Gasteiger partial charge in [-0.05, 0) is 36.2 Å². The van der Waals surface area contributed by atoms with Crippen molar-refractivity contribution < 1.29 is 13.9 Å². The van der Waals surface area contributed by atoms with Crippen LogP contribution < -0.4 is 15.1 Å². The molecule has 4 rings (SSSR count). The first-order chi connectivity index (χ1) is 13.2. The van der Waals surface area contributed by atoms with Gasteiger partial charge in [0.25, 0.3) is 0 Å². The average Bonchev–Trinajstić information content (AvgIpc) is 2.68. The first-order valence-corrected chi connectivity index (χ1v) is 9.07. The molecule has 0 spiro atoms. The summed E-state index contributed by atoms with van der Waals surface area (Å²) in [4.78, 5) is 12.8. The van der Waals surface area contributed by atoms with Gasteiger partial charge in [-0.1, -0.05) is 42.5 Å². The minimum Gasteiger partial charge on any atom is -0.494 e. The molecule has 4 heteroatoms. The highest BCUT2D eigenvalue weighted by Gasteiger charge is 2.15. The van der Waals surface area contributed by atoms with Crippen LogP contribution in [0.1, 0.15) is 13.8 Å². The highest BCUT2D eigenvalue weighted by atomic mass is 16.5. The van der Waals surface area contributed by atoms with E-state index in [9.17, 15) is 4.79 Å². The number of ether oxygens (including phenoxy) is 2. The van der Waals surface area contributed by atoms with Gasteiger partial charge in [0.15, 0.2) is 0 Å². The summed E-state index contributed by atoms with van der Waals surface area (Å²) >= 11 is 0. The Morgan fingerprint density at radius 2 is 1.59 bits per heavy atom. The third-order valence-corrected chi connectivity index (χ3v) is 4.48. The van der Waals surface area contributed by atoms with Crippen molar-refractivity contribution >= 4 is 21.7 Å². The van der Waals surface area contributed by atoms with Crippen LogP contribution in [-0.4, -0.2) is 13.2 Å². The zero-order chi connectivity index (χ0) is 18.8. The standard InChI is InChI=1S/C23H20O4/c1-3-25-16-12-21(26-4-2)20-14-19(23(24)27-22(20)13-16)18-11-7-9-15-8-5-6-10-17(15)18/h5-14H,3-4H2,1-2H3. The van der Waals surface area contributed by atoms with Gasteiger partial charge in [0.1, 0.15) is 17.1 Å². The maximum Gasteiger partial charge on any atom is 0.344 e. The van der Waals surface area contributed by atoms with E-state index in [1.54, 1.807) is 6.07 Å². The summed E-state index contributed by atoms with van der Waals surface area (Å²) < 4.78 is 17.0. The van der Waals surface area contributed by atoms with Crippen molar-refractivity contribution in [2.45, 2.75) is 13.8 Å². The van der Waals surface area contributed by atoms with Crippen LogP contribution >= 0.6 is 0 Å². The third kappa shape index (κ3) is 3.14. The van der Waals surface area contributed by atoms with Crippen LogP contribution in [0, 0.1) is 0 Å². The van der Waals surface area contributed by atoms with Gasteiger partial charge in [0, 0.05) is 12.1 Å². The predicted molar refractivity (Wildman–Crippen MR) is 108 cm³/mol. The molecule has 1 aromatic heterocycles. The van der Waals surface area contributed by atoms with Crippen molar-refractivity contribution in [3.8, 4) is 22.6 Å². The molecule has 0 aliphatic heterocycles. The lowest BCUT2D eigenvalue weighted by Crippen LogP contribution is -2.04. The molecule has 0 aliphatic carbocycles. The minimum absolute atomic E-state index is 0.380. The Balaban J connectivity index is 1.99. The van der Waals surface area contributed by atoms with Crippen LogP contribution in [-0.2, 0) is 0 Å². The predicted octanol–water partition coefficient (Wildman–Crippen LogP) is 5.41. The van der Waals surface area contributed by atoms with Crippen molar-refractivity contribution in [3.63, 3.8) is 0 Å². The molecule has 0 bridgehead atoms. The van der Waals surface area contributed by atoms with Crippen molar-refractivity contribution in [2.24, 2.45) is 0 Å². The first kappa shape index (κ1) is 17.2. The maximum atomic E-state index is 12.8. The highest BCUT2D eigenvalue weighted by Crippen LogP contribution is 2.34. The molecule has 0 N–H and O–H groups in total. The summed E-state index contributed by atoms with van der Waals surface area (Å²) in [5, 5.41) is 2.84. The Morgan fingerprint density at radius 1 is 0.815 bits per heavy atom. The molecule has 0 fully saturated rings. The van der Waals surface area contributed by atoms with Crippen LogP contribution in [0.5, 0.6) is 11.5 Å². The lowest BCUT2D eigenvalue weighted by Gasteiger charge is -2.12. The molecule has 4 aromatic rings. The molecular formula is C23H20O4. The summed E-state index contributed by atoms with van der Waals surface area (Å²) in [6.07, 6.45) is 0. The molecule has 3 aromatic carbocycles. The summed E-state index contributed by atoms with van der Waals surface area (Å²) in [7, 11) is 0. The van der Waals surface area contributed by atoms with E-state index >= 15 is 0 Å². The summed E-state index contributed by atoms with van der Waals surface area (Å²) in [5.41, 5.74) is 1.44. The molecule has 0 saturated heterocycles. The van der Waals surface area contributed by atoms with E-state index in [1.165, 1.54) is 0 Å². The van der Waals surface area contributed by atoms with Gasteiger partial charge in [0.2, 0.25) is 0 Å². The van der Waals surface area contributed by atoms with E-state index in [4.69, 9.17) is 13.9 Å². The van der Waals surface area contributed by atoms with Gasteiger partial charge < -0.3 is 13.9 Å². The van der Waals surface area contributed by atoms with Crippen LogP contribution in [0.25, 0.3) is 32.9 Å². The van der Waals surface area contributed by atoms with E-state index < -0.39 is 0 Å². The molecule has 0 radical (unpaired) electrons. The monoisotopic (exact) mass is 360 g/mol. The molecule has 136 valence electrons. The van der Waals surface area contributed by atoms with Crippen LogP contribution in [0.3, 0.4) is 0 Å². The Hall–Kier alpha value is -3.27. The lowest BCUT2D eigenvalue weighted by atomic mass is 9.98. The normalized spacial score (nSPS) is 11.0. The summed E-state index contributed by atoms with van der Waals surface area (Å²) in [5.74, 6) is 1.26. The van der Waals surface area contributed by atoms with E-state index in [2.05, 4.69) is 0 Å². The molecule has 4 nitrogen and oxygen atoms in total. The third-order valence-electron chi connectivity index (χ3n) is 4.48. The Bertz CT molecular complexity index is 1170. The fraction of sp³-hybridized carbons (Fsp3) is 0.174. The zero-order valence-corrected chi connectivity index (χ0v) is 15.3. The van der Waals surface area contributed by atoms with E-state index in [1.807, 2.05) is 68.4 Å². The van der Waals surface area contributed by atoms with Crippen molar-refractivity contribution in [2.75, 3.05) is 13.2 Å². The van der Waals surface area contributed by atoms with E-state index in [-0.39, 0.29) is 5.63 Å². The second kappa shape index (κ2) is 7.16. The van der Waals surface area contributed by atoms with Crippen molar-refractivity contribution in [3.05, 3.63) is 71.1 Å². The molecule has 0 unspecified atom stereocenters. The topological polar surface area (TPSA) is 48.7 Å². The zero-order valence-electron chi connectivity index (χ0n) is 15.3. The molecule has 27 heavy (non-hydrogen) atoms. The number of hydrogen-bond acceptors (Lipinski definition) is 4. The smallest absolute Gasteiger partial charge is 0.344 e. The van der Waals surface area contributed by atoms with Gasteiger partial charge in [-0.15, -0.1) is 0 Å². The number of hydrogen-bond donors (Lipinski definition) is 0. The molecule has 0 aliphatic rings. The molecule has 0 amide bonds. The van der Waals surface area contributed by atoms with Crippen molar-refractivity contribution in [1.82, 2.24) is 0 Å². The van der Waals surface area contributed by atoms with Crippen LogP contribution in [0.2, 0.25) is 0 Å². The van der Waals surface area contributed by atoms with E-state index in [0.29, 0.717) is 35.9 Å². The molecule has 0 atom stereocenters. The Labute approximate surface area is 157 Å². The van der Waals surface area contributed by atoms with Gasteiger partial charge in [-0.25, -0.2) is 4.79 Å². The fourth-order valence-corrected chi connectivity index (χ4v) is 3.33. The molecule has 1 heterocycles. The largest absolute Gasteiger partial charge is 0.494 e. The van der Waals surface area contributed by atoms with Gasteiger partial charge in [-0.3, -0.25) is 0 Å². The second-order valence-electron chi connectivity index (χ2n) is 6.17. The van der Waals surface area contributed by atoms with Gasteiger partial charge in [-0.2, -0.15) is 0 Å². The number of fused-ring (bicyclic) bond motifs is 2. The van der Waals surface area contributed by atoms with E-state index in [0.717, 1.165) is 21.7 Å². The number of benzene rings is 3. The highest BCUT2D eigenvalue weighted by molar-refractivity contribution is 5.98.